The van der Waals surface area contributed by atoms with Gasteiger partial charge in [0, 0.05) is 0 Å². The van der Waals surface area contributed by atoms with Gasteiger partial charge in [-0.15, -0.1) is 0 Å². The molecule has 0 aromatic rings. The van der Waals surface area contributed by atoms with Crippen LogP contribution in [0, 0.1) is 0 Å². The molecule has 0 aliphatic rings. The molecule has 0 spiro atoms. The maximum absolute atomic E-state index is 5.38. The molecule has 4 heteroatoms. The molecule has 3 nitrogen and oxygen atoms in total. The number of allylic oxidation sites excluding steroid dienone is 3. The van der Waals surface area contributed by atoms with E-state index in [2.05, 4.69) is 0 Å². The Morgan fingerprint density at radius 1 is 0.688 bits per heavy atom. The third-order valence-electron chi connectivity index (χ3n) is 1.69. The van der Waals surface area contributed by atoms with E-state index < -0.39 is 8.80 Å². The van der Waals surface area contributed by atoms with Gasteiger partial charge < -0.3 is 14.2 Å². The van der Waals surface area contributed by atoms with Gasteiger partial charge in [-0.2, -0.15) is 0 Å². The molecule has 0 amide bonds. The average Bonchev–Trinajstić information content (AvgIpc) is 2.29. The highest BCUT2D eigenvalue weighted by atomic mass is 28.3. The van der Waals surface area contributed by atoms with E-state index in [0.717, 1.165) is 18.7 Å². The maximum Gasteiger partial charge on any atom is 0.168 e. The van der Waals surface area contributed by atoms with Gasteiger partial charge in [-0.3, -0.25) is 0 Å². The van der Waals surface area contributed by atoms with Crippen LogP contribution in [-0.2, 0) is 14.2 Å². The van der Waals surface area contributed by atoms with Crippen LogP contribution in [0.2, 0.25) is 0 Å². The quantitative estimate of drug-likeness (QED) is 0.459. The minimum absolute atomic E-state index is 0.736. The van der Waals surface area contributed by atoms with Crippen molar-refractivity contribution in [3.63, 3.8) is 0 Å². The third-order valence-corrected chi connectivity index (χ3v) is 3.68. The first kappa shape index (κ1) is 14.8. The van der Waals surface area contributed by atoms with Crippen LogP contribution < -0.4 is 0 Å². The molecule has 0 fully saturated rings. The highest BCUT2D eigenvalue weighted by molar-refractivity contribution is 6.58. The first-order valence-corrected chi connectivity index (χ1v) is 7.98. The first-order valence-electron chi connectivity index (χ1n) is 5.53. The molecule has 0 radical (unpaired) electrons. The van der Waals surface area contributed by atoms with Crippen LogP contribution in [-0.4, -0.2) is 27.5 Å². The van der Waals surface area contributed by atoms with Crippen LogP contribution in [0.3, 0.4) is 0 Å². The highest BCUT2D eigenvalue weighted by Crippen LogP contribution is 1.92. The molecule has 0 saturated heterocycles. The lowest BCUT2D eigenvalue weighted by atomic mass is 10.7. The molecular weight excluding hydrogens is 220 g/mol. The van der Waals surface area contributed by atoms with Crippen molar-refractivity contribution in [2.24, 2.45) is 0 Å². The summed E-state index contributed by atoms with van der Waals surface area (Å²) in [4.78, 5) is 0. The molecule has 0 N–H and O–H groups in total. The van der Waals surface area contributed by atoms with E-state index in [1.165, 1.54) is 0 Å². The molecule has 92 valence electrons. The lowest BCUT2D eigenvalue weighted by Gasteiger charge is -2.13. The largest absolute Gasteiger partial charge is 0.505 e. The van der Waals surface area contributed by atoms with E-state index in [1.807, 2.05) is 39.0 Å². The normalized spacial score (nSPS) is 13.7. The Kier molecular flexibility index (Phi) is 11.0. The fraction of sp³-hybridized carbons (Fsp3) is 0.500. The predicted octanol–water partition coefficient (Wildman–Crippen LogP) is 2.48. The van der Waals surface area contributed by atoms with E-state index in [4.69, 9.17) is 14.2 Å². The number of rotatable bonds is 9. The molecule has 0 aliphatic carbocycles. The Hall–Kier alpha value is -1.16. The van der Waals surface area contributed by atoms with Crippen molar-refractivity contribution in [2.45, 2.75) is 20.8 Å². The molecule has 0 aromatic heterocycles. The van der Waals surface area contributed by atoms with Gasteiger partial charge in [-0.1, -0.05) is 18.2 Å². The summed E-state index contributed by atoms with van der Waals surface area (Å²) < 4.78 is 16.1. The second-order valence-corrected chi connectivity index (χ2v) is 6.01. The highest BCUT2D eigenvalue weighted by Gasteiger charge is 2.12. The molecule has 16 heavy (non-hydrogen) atoms. The average molecular weight is 242 g/mol. The molecule has 0 rings (SSSR count). The van der Waals surface area contributed by atoms with E-state index >= 15 is 0 Å². The number of hydrogen-bond donors (Lipinski definition) is 0. The van der Waals surface area contributed by atoms with Crippen LogP contribution in [0.5, 0.6) is 0 Å². The van der Waals surface area contributed by atoms with Crippen molar-refractivity contribution in [2.75, 3.05) is 18.7 Å². The molecule has 0 unspecified atom stereocenters. The summed E-state index contributed by atoms with van der Waals surface area (Å²) >= 11 is 0. The summed E-state index contributed by atoms with van der Waals surface area (Å²) in [5, 5.41) is 0. The Bertz CT molecular complexity index is 186. The minimum atomic E-state index is -1.15. The standard InChI is InChI=1S/C12H22O3Si/c1-4-7-13-10-16(11-14-8-5-2)12-15-9-6-3/h4-9,16H,10-12H2,1-3H3. The van der Waals surface area contributed by atoms with Gasteiger partial charge in [0.2, 0.25) is 0 Å². The van der Waals surface area contributed by atoms with Gasteiger partial charge in [-0.25, -0.2) is 0 Å². The van der Waals surface area contributed by atoms with E-state index in [-0.39, 0.29) is 0 Å². The monoisotopic (exact) mass is 242 g/mol. The molecule has 0 saturated carbocycles. The summed E-state index contributed by atoms with van der Waals surface area (Å²) in [6, 6.07) is 0. The molecule has 0 aromatic carbocycles. The van der Waals surface area contributed by atoms with Crippen molar-refractivity contribution in [3.05, 3.63) is 37.0 Å². The zero-order valence-electron chi connectivity index (χ0n) is 10.4. The van der Waals surface area contributed by atoms with Crippen LogP contribution in [0.1, 0.15) is 20.8 Å². The van der Waals surface area contributed by atoms with Crippen molar-refractivity contribution in [1.82, 2.24) is 0 Å². The maximum atomic E-state index is 5.38. The summed E-state index contributed by atoms with van der Waals surface area (Å²) in [5.41, 5.74) is 0. The molecule has 0 aliphatic heterocycles. The van der Waals surface area contributed by atoms with Crippen LogP contribution in [0.15, 0.2) is 37.0 Å². The Morgan fingerprint density at radius 2 is 1.00 bits per heavy atom. The number of hydrogen-bond acceptors (Lipinski definition) is 3. The smallest absolute Gasteiger partial charge is 0.168 e. The van der Waals surface area contributed by atoms with Crippen molar-refractivity contribution in [1.29, 1.82) is 0 Å². The van der Waals surface area contributed by atoms with Crippen molar-refractivity contribution < 1.29 is 14.2 Å². The van der Waals surface area contributed by atoms with Crippen LogP contribution in [0.4, 0.5) is 0 Å². The fourth-order valence-electron chi connectivity index (χ4n) is 1.01. The van der Waals surface area contributed by atoms with Gasteiger partial charge in [-0.05, 0) is 20.8 Å². The van der Waals surface area contributed by atoms with Crippen molar-refractivity contribution >= 4 is 8.80 Å². The SMILES string of the molecule is CC=COC[SiH](COC=CC)COC=CC. The van der Waals surface area contributed by atoms with E-state index in [9.17, 15) is 0 Å². The van der Waals surface area contributed by atoms with Crippen molar-refractivity contribution in [3.8, 4) is 0 Å². The Balaban J connectivity index is 3.84. The van der Waals surface area contributed by atoms with Crippen LogP contribution in [0.25, 0.3) is 0 Å². The minimum Gasteiger partial charge on any atom is -0.505 e. The lowest BCUT2D eigenvalue weighted by Crippen LogP contribution is -2.31. The number of ether oxygens (including phenoxy) is 3. The molecule has 0 bridgehead atoms. The molecule has 0 atom stereocenters. The fourth-order valence-corrected chi connectivity index (χ4v) is 2.45. The first-order chi connectivity index (χ1) is 7.85. The molecular formula is C12H22O3Si. The Morgan fingerprint density at radius 3 is 1.25 bits per heavy atom. The zero-order valence-corrected chi connectivity index (χ0v) is 11.5. The van der Waals surface area contributed by atoms with Gasteiger partial charge in [0.15, 0.2) is 8.80 Å². The van der Waals surface area contributed by atoms with Gasteiger partial charge in [0.25, 0.3) is 0 Å². The second kappa shape index (κ2) is 11.9. The third kappa shape index (κ3) is 9.39. The lowest BCUT2D eigenvalue weighted by molar-refractivity contribution is 0.251. The summed E-state index contributed by atoms with van der Waals surface area (Å²) in [6.45, 7) is 5.80. The zero-order chi connectivity index (χ0) is 12.1. The molecule has 0 heterocycles. The topological polar surface area (TPSA) is 27.7 Å². The van der Waals surface area contributed by atoms with Crippen LogP contribution >= 0.6 is 0 Å². The Labute approximate surface area is 100 Å². The van der Waals surface area contributed by atoms with Gasteiger partial charge >= 0.3 is 0 Å². The second-order valence-electron chi connectivity index (χ2n) is 3.27. The predicted molar refractivity (Wildman–Crippen MR) is 69.4 cm³/mol. The summed E-state index contributed by atoms with van der Waals surface area (Å²) in [5.74, 6) is 0. The van der Waals surface area contributed by atoms with E-state index in [0.29, 0.717) is 0 Å². The summed E-state index contributed by atoms with van der Waals surface area (Å²) in [6.07, 6.45) is 13.0. The van der Waals surface area contributed by atoms with Gasteiger partial charge in [0.05, 0.1) is 37.5 Å². The summed E-state index contributed by atoms with van der Waals surface area (Å²) in [7, 11) is -1.15. The van der Waals surface area contributed by atoms with Gasteiger partial charge in [0.1, 0.15) is 0 Å². The van der Waals surface area contributed by atoms with E-state index in [1.54, 1.807) is 18.8 Å².